The van der Waals surface area contributed by atoms with E-state index in [2.05, 4.69) is 21.2 Å². The van der Waals surface area contributed by atoms with E-state index in [1.165, 1.54) is 0 Å². The Labute approximate surface area is 145 Å². The molecule has 3 nitrogen and oxygen atoms in total. The molecule has 0 saturated heterocycles. The van der Waals surface area contributed by atoms with Crippen LogP contribution in [0, 0.1) is 0 Å². The maximum absolute atomic E-state index is 12.0. The molecule has 0 aliphatic rings. The third-order valence-electron chi connectivity index (χ3n) is 3.17. The zero-order valence-electron chi connectivity index (χ0n) is 12.5. The second kappa shape index (κ2) is 8.81. The average Bonchev–Trinajstić information content (AvgIpc) is 2.50. The zero-order chi connectivity index (χ0) is 15.2. The van der Waals surface area contributed by atoms with Gasteiger partial charge in [-0.25, -0.2) is 4.79 Å². The van der Waals surface area contributed by atoms with Gasteiger partial charge in [0.05, 0.1) is 12.2 Å². The standard InChI is InChI=1S/C17H18BrNO2.ClH/c1-3-21-17(20)14-9-5-4-8-13(14)12(2)19-16-11-7-6-10-15(16)18;/h4-12,19H,3H2,1-2H3;1H. The van der Waals surface area contributed by atoms with Crippen LogP contribution in [0.15, 0.2) is 53.0 Å². The van der Waals surface area contributed by atoms with Crippen LogP contribution in [0.2, 0.25) is 0 Å². The molecular formula is C17H19BrClNO2. The number of carbonyl (C=O) groups is 1. The van der Waals surface area contributed by atoms with Gasteiger partial charge in [-0.1, -0.05) is 30.3 Å². The summed E-state index contributed by atoms with van der Waals surface area (Å²) in [7, 11) is 0. The van der Waals surface area contributed by atoms with Crippen LogP contribution in [0.5, 0.6) is 0 Å². The van der Waals surface area contributed by atoms with Gasteiger partial charge in [-0.05, 0) is 53.5 Å². The predicted octanol–water partition coefficient (Wildman–Crippen LogP) is 5.22. The summed E-state index contributed by atoms with van der Waals surface area (Å²) in [5.41, 5.74) is 2.52. The quantitative estimate of drug-likeness (QED) is 0.718. The molecular weight excluding hydrogens is 366 g/mol. The van der Waals surface area contributed by atoms with Crippen LogP contribution >= 0.6 is 28.3 Å². The first-order valence-corrected chi connectivity index (χ1v) is 7.70. The lowest BCUT2D eigenvalue weighted by atomic mass is 10.0. The number of hydrogen-bond acceptors (Lipinski definition) is 3. The van der Waals surface area contributed by atoms with Crippen molar-refractivity contribution < 1.29 is 9.53 Å². The molecule has 0 saturated carbocycles. The normalized spacial score (nSPS) is 11.2. The van der Waals surface area contributed by atoms with Gasteiger partial charge in [-0.2, -0.15) is 0 Å². The van der Waals surface area contributed by atoms with Crippen molar-refractivity contribution in [3.05, 3.63) is 64.1 Å². The Hall–Kier alpha value is -1.52. The molecule has 1 N–H and O–H groups in total. The number of anilines is 1. The largest absolute Gasteiger partial charge is 0.462 e. The van der Waals surface area contributed by atoms with E-state index in [1.54, 1.807) is 6.07 Å². The first-order chi connectivity index (χ1) is 10.1. The van der Waals surface area contributed by atoms with Crippen LogP contribution in [0.25, 0.3) is 0 Å². The molecule has 2 aromatic carbocycles. The average molecular weight is 385 g/mol. The van der Waals surface area contributed by atoms with Crippen molar-refractivity contribution in [2.24, 2.45) is 0 Å². The van der Waals surface area contributed by atoms with Gasteiger partial charge in [0.2, 0.25) is 0 Å². The van der Waals surface area contributed by atoms with Crippen LogP contribution < -0.4 is 5.32 Å². The SMILES string of the molecule is CCOC(=O)c1ccccc1C(C)Nc1ccccc1Br.Cl. The number of esters is 1. The van der Waals surface area contributed by atoms with E-state index >= 15 is 0 Å². The second-order valence-electron chi connectivity index (χ2n) is 4.65. The lowest BCUT2D eigenvalue weighted by Gasteiger charge is -2.19. The van der Waals surface area contributed by atoms with Gasteiger partial charge in [0.25, 0.3) is 0 Å². The minimum Gasteiger partial charge on any atom is -0.462 e. The van der Waals surface area contributed by atoms with Gasteiger partial charge in [0, 0.05) is 16.2 Å². The fourth-order valence-corrected chi connectivity index (χ4v) is 2.56. The predicted molar refractivity (Wildman–Crippen MR) is 95.8 cm³/mol. The van der Waals surface area contributed by atoms with Crippen molar-refractivity contribution >= 4 is 40.0 Å². The van der Waals surface area contributed by atoms with Gasteiger partial charge in [-0.15, -0.1) is 12.4 Å². The smallest absolute Gasteiger partial charge is 0.338 e. The molecule has 0 spiro atoms. The van der Waals surface area contributed by atoms with Crippen LogP contribution in [-0.2, 0) is 4.74 Å². The van der Waals surface area contributed by atoms with E-state index in [-0.39, 0.29) is 24.4 Å². The summed E-state index contributed by atoms with van der Waals surface area (Å²) < 4.78 is 6.11. The van der Waals surface area contributed by atoms with E-state index in [0.717, 1.165) is 15.7 Å². The van der Waals surface area contributed by atoms with Crippen molar-refractivity contribution in [3.63, 3.8) is 0 Å². The molecule has 0 fully saturated rings. The zero-order valence-corrected chi connectivity index (χ0v) is 14.9. The van der Waals surface area contributed by atoms with Crippen LogP contribution in [-0.4, -0.2) is 12.6 Å². The summed E-state index contributed by atoms with van der Waals surface area (Å²) in [6.45, 7) is 4.21. The third kappa shape index (κ3) is 4.49. The molecule has 0 bridgehead atoms. The summed E-state index contributed by atoms with van der Waals surface area (Å²) >= 11 is 3.52. The first kappa shape index (κ1) is 18.5. The van der Waals surface area contributed by atoms with Crippen LogP contribution in [0.1, 0.15) is 35.8 Å². The van der Waals surface area contributed by atoms with E-state index in [9.17, 15) is 4.79 Å². The molecule has 1 unspecified atom stereocenters. The third-order valence-corrected chi connectivity index (χ3v) is 3.86. The highest BCUT2D eigenvalue weighted by molar-refractivity contribution is 9.10. The molecule has 5 heteroatoms. The lowest BCUT2D eigenvalue weighted by molar-refractivity contribution is 0.0524. The van der Waals surface area contributed by atoms with Gasteiger partial charge < -0.3 is 10.1 Å². The fourth-order valence-electron chi connectivity index (χ4n) is 2.16. The highest BCUT2D eigenvalue weighted by atomic mass is 79.9. The Morgan fingerprint density at radius 2 is 1.82 bits per heavy atom. The Morgan fingerprint density at radius 1 is 1.18 bits per heavy atom. The van der Waals surface area contributed by atoms with Crippen molar-refractivity contribution in [3.8, 4) is 0 Å². The van der Waals surface area contributed by atoms with Crippen molar-refractivity contribution in [1.82, 2.24) is 0 Å². The molecule has 1 atom stereocenters. The molecule has 0 radical (unpaired) electrons. The van der Waals surface area contributed by atoms with E-state index in [1.807, 2.05) is 56.3 Å². The molecule has 0 aromatic heterocycles. The number of rotatable bonds is 5. The fraction of sp³-hybridized carbons (Fsp3) is 0.235. The molecule has 2 aromatic rings. The number of para-hydroxylation sites is 1. The monoisotopic (exact) mass is 383 g/mol. The highest BCUT2D eigenvalue weighted by Gasteiger charge is 2.16. The minimum atomic E-state index is -0.283. The van der Waals surface area contributed by atoms with Crippen molar-refractivity contribution in [1.29, 1.82) is 0 Å². The number of nitrogens with one attached hydrogen (secondary N) is 1. The number of hydrogen-bond donors (Lipinski definition) is 1. The van der Waals surface area contributed by atoms with Gasteiger partial charge in [0.15, 0.2) is 0 Å². The van der Waals surface area contributed by atoms with E-state index in [0.29, 0.717) is 12.2 Å². The van der Waals surface area contributed by atoms with Crippen molar-refractivity contribution in [2.75, 3.05) is 11.9 Å². The summed E-state index contributed by atoms with van der Waals surface area (Å²) in [6, 6.07) is 15.4. The molecule has 118 valence electrons. The van der Waals surface area contributed by atoms with Crippen LogP contribution in [0.3, 0.4) is 0 Å². The Morgan fingerprint density at radius 3 is 2.50 bits per heavy atom. The lowest BCUT2D eigenvalue weighted by Crippen LogP contribution is -2.14. The molecule has 22 heavy (non-hydrogen) atoms. The van der Waals surface area contributed by atoms with Gasteiger partial charge in [-0.3, -0.25) is 0 Å². The molecule has 0 aliphatic carbocycles. The van der Waals surface area contributed by atoms with Gasteiger partial charge in [0.1, 0.15) is 0 Å². The Bertz CT molecular complexity index is 634. The number of benzene rings is 2. The maximum atomic E-state index is 12.0. The van der Waals surface area contributed by atoms with Gasteiger partial charge >= 0.3 is 5.97 Å². The highest BCUT2D eigenvalue weighted by Crippen LogP contribution is 2.27. The summed E-state index contributed by atoms with van der Waals surface area (Å²) in [5.74, 6) is -0.283. The topological polar surface area (TPSA) is 38.3 Å². The maximum Gasteiger partial charge on any atom is 0.338 e. The number of halogens is 2. The molecule has 2 rings (SSSR count). The van der Waals surface area contributed by atoms with E-state index in [4.69, 9.17) is 4.74 Å². The molecule has 0 heterocycles. The minimum absolute atomic E-state index is 0. The summed E-state index contributed by atoms with van der Waals surface area (Å²) in [4.78, 5) is 12.0. The molecule has 0 aliphatic heterocycles. The second-order valence-corrected chi connectivity index (χ2v) is 5.51. The number of ether oxygens (including phenoxy) is 1. The Kier molecular flexibility index (Phi) is 7.42. The summed E-state index contributed by atoms with van der Waals surface area (Å²) in [6.07, 6.45) is 0. The van der Waals surface area contributed by atoms with E-state index < -0.39 is 0 Å². The summed E-state index contributed by atoms with van der Waals surface area (Å²) in [5, 5.41) is 3.41. The first-order valence-electron chi connectivity index (χ1n) is 6.90. The number of carbonyl (C=O) groups excluding carboxylic acids is 1. The Balaban J connectivity index is 0.00000242. The van der Waals surface area contributed by atoms with Crippen molar-refractivity contribution in [2.45, 2.75) is 19.9 Å². The van der Waals surface area contributed by atoms with Crippen LogP contribution in [0.4, 0.5) is 5.69 Å². The molecule has 0 amide bonds.